The Morgan fingerprint density at radius 1 is 0.225 bits per heavy atom. The van der Waals surface area contributed by atoms with E-state index >= 15 is 9.59 Å². The summed E-state index contributed by atoms with van der Waals surface area (Å²) < 4.78 is 0. The minimum absolute atomic E-state index is 0.512. The molecule has 14 aliphatic carbocycles. The van der Waals surface area contributed by atoms with E-state index in [4.69, 9.17) is 0 Å². The van der Waals surface area contributed by atoms with E-state index in [-0.39, 0.29) is 0 Å². The first-order chi connectivity index (χ1) is 39.8. The lowest BCUT2D eigenvalue weighted by atomic mass is 9.66. The van der Waals surface area contributed by atoms with Gasteiger partial charge in [-0.25, -0.2) is 0 Å². The van der Waals surface area contributed by atoms with Crippen molar-refractivity contribution in [1.82, 2.24) is 0 Å². The molecule has 2 saturated carbocycles. The van der Waals surface area contributed by atoms with E-state index in [1.807, 2.05) is 0 Å². The summed E-state index contributed by atoms with van der Waals surface area (Å²) in [6.07, 6.45) is 11.5. The Hall–Kier alpha value is -8.72. The lowest BCUT2D eigenvalue weighted by molar-refractivity contribution is -0.114. The predicted molar refractivity (Wildman–Crippen MR) is 325 cm³/mol. The van der Waals surface area contributed by atoms with E-state index in [9.17, 15) is 0 Å². The molecule has 0 radical (unpaired) electrons. The number of hydrogen-bond acceptors (Lipinski definition) is 2. The SMILES string of the molecule is O=CC12CCCCc3ccc(cc3)CCCCC3(C=O)C45c6c7c8c9c%10c%11c%12c%13c%14c%15c%16c(c-7c4c4c7c%17c%18c%19c(c%20c6c9c6c%20c9c%19c%19c%20c%18c%18c7c(c4%16)c4c%15c7c%13c%13c%12c%12c%10c6c6c9c%19c9c(c%126)c%13c6c7c4c%18c%20c69)C%1735)C%141C8%112. The van der Waals surface area contributed by atoms with Crippen LogP contribution in [-0.4, -0.2) is 12.6 Å². The highest BCUT2D eigenvalue weighted by Gasteiger charge is 2.99. The second kappa shape index (κ2) is 7.28. The molecule has 346 valence electrons. The van der Waals surface area contributed by atoms with Gasteiger partial charge < -0.3 is 9.59 Å². The van der Waals surface area contributed by atoms with E-state index in [0.29, 0.717) is 0 Å². The molecule has 0 aromatic heterocycles. The van der Waals surface area contributed by atoms with E-state index in [0.717, 1.165) is 51.4 Å². The van der Waals surface area contributed by atoms with E-state index < -0.39 is 32.5 Å². The summed E-state index contributed by atoms with van der Waals surface area (Å²) in [5.41, 5.74) is 15.3. The molecular formula is C78H22O2. The first-order valence-corrected chi connectivity index (χ1v) is 30.8. The number of benzene rings is 17. The number of aryl methyl sites for hydroxylation is 2. The van der Waals surface area contributed by atoms with Crippen LogP contribution in [0.5, 0.6) is 0 Å². The van der Waals surface area contributed by atoms with Crippen molar-refractivity contribution in [1.29, 1.82) is 0 Å². The average Bonchev–Trinajstić information content (AvgIpc) is 1.36. The Bertz CT molecular complexity index is 7430. The molecule has 0 heterocycles. The van der Waals surface area contributed by atoms with Crippen LogP contribution in [0.1, 0.15) is 94.2 Å². The number of rotatable bonds is 2. The van der Waals surface area contributed by atoms with Crippen molar-refractivity contribution in [2.24, 2.45) is 10.8 Å². The van der Waals surface area contributed by atoms with Gasteiger partial charge in [0.2, 0.25) is 0 Å². The van der Waals surface area contributed by atoms with Crippen LogP contribution in [0, 0.1) is 10.8 Å². The highest BCUT2D eigenvalue weighted by molar-refractivity contribution is 6.79. The average molecular weight is 991 g/mol. The second-order valence-corrected chi connectivity index (χ2v) is 30.4. The molecule has 12 bridgehead atoms. The summed E-state index contributed by atoms with van der Waals surface area (Å²) in [6, 6.07) is 9.68. The maximum Gasteiger partial charge on any atom is 0.128 e. The third-order valence-electron chi connectivity index (χ3n) is 30.7. The largest absolute Gasteiger partial charge is 0.303 e. The van der Waals surface area contributed by atoms with Crippen LogP contribution in [0.15, 0.2) is 24.3 Å². The summed E-state index contributed by atoms with van der Waals surface area (Å²) in [5.74, 6) is 0. The minimum atomic E-state index is -0.667. The van der Waals surface area contributed by atoms with Gasteiger partial charge in [-0.15, -0.1) is 0 Å². The normalized spacial score (nSPS) is 30.5. The van der Waals surface area contributed by atoms with Crippen molar-refractivity contribution in [3.05, 3.63) is 79.9 Å². The van der Waals surface area contributed by atoms with Crippen LogP contribution in [0.25, 0.3) is 259 Å². The molecule has 25 aromatic carbocycles. The van der Waals surface area contributed by atoms with Gasteiger partial charge >= 0.3 is 0 Å². The summed E-state index contributed by atoms with van der Waals surface area (Å²) in [5, 5.41) is 73.0. The zero-order chi connectivity index (χ0) is 48.4. The van der Waals surface area contributed by atoms with E-state index in [2.05, 4.69) is 24.3 Å². The molecule has 0 amide bonds. The third-order valence-corrected chi connectivity index (χ3v) is 30.7. The van der Waals surface area contributed by atoms with Gasteiger partial charge in [-0.1, -0.05) is 37.1 Å². The van der Waals surface area contributed by atoms with Gasteiger partial charge in [-0.05, 0) is 353 Å². The van der Waals surface area contributed by atoms with Crippen molar-refractivity contribution in [2.75, 3.05) is 0 Å². The fourth-order valence-electron chi connectivity index (χ4n) is 30.6. The highest BCUT2D eigenvalue weighted by Crippen LogP contribution is 3.02. The smallest absolute Gasteiger partial charge is 0.128 e. The Morgan fingerprint density at radius 2 is 0.400 bits per heavy atom. The molecule has 0 saturated heterocycles. The molecule has 80 heavy (non-hydrogen) atoms. The molecule has 3 unspecified atom stereocenters. The molecule has 0 aliphatic heterocycles. The Balaban J connectivity index is 1.02. The monoisotopic (exact) mass is 990 g/mol. The molecule has 39 rings (SSSR count). The Morgan fingerprint density at radius 3 is 0.625 bits per heavy atom. The number of aldehydes is 2. The van der Waals surface area contributed by atoms with Gasteiger partial charge in [0, 0.05) is 0 Å². The van der Waals surface area contributed by atoms with Gasteiger partial charge in [-0.3, -0.25) is 0 Å². The summed E-state index contributed by atoms with van der Waals surface area (Å²) in [4.78, 5) is 32.7. The molecule has 2 nitrogen and oxygen atoms in total. The lowest BCUT2D eigenvalue weighted by Crippen LogP contribution is -2.28. The fraction of sp³-hybridized carbons (Fsp3) is 0.179. The summed E-state index contributed by atoms with van der Waals surface area (Å²) >= 11 is 0. The fourth-order valence-corrected chi connectivity index (χ4v) is 30.6. The standard InChI is InChI=1S/C78H22O2/c79-13-73-11-3-1-5-15-7-9-16(10-8-15)6-2-4-12-74(14-80)76-67-53-45-34-26-19-17-18-20-25(19)38(45)46-35-27(20)24-29-22(18)31-30-21(17)28-23(26)32-39-47-36(28)41(30)51-52-42(31)37(29)48-40-33(24)44(35)56-60-50(40)62-58(48)66(52)75(73)65(51)57(47)61-49(39)59(55(67)43(32)34)69(76)63-64(72(62)78(73,75)71(61)63)70(60)77(74,76)68(56)54(46)53/h7-10,13-14H,1-6,11-12H2. The molecule has 14 aliphatic rings. The van der Waals surface area contributed by atoms with E-state index in [1.165, 1.54) is 11.1 Å². The molecule has 2 fully saturated rings. The molecule has 3 atom stereocenters. The van der Waals surface area contributed by atoms with Crippen LogP contribution in [0.3, 0.4) is 0 Å². The number of carbonyl (C=O) groups is 2. The van der Waals surface area contributed by atoms with Crippen molar-refractivity contribution in [3.63, 3.8) is 0 Å². The number of carbonyl (C=O) groups excluding carboxylic acids is 2. The first kappa shape index (κ1) is 31.8. The molecule has 4 spiro atoms. The summed E-state index contributed by atoms with van der Waals surface area (Å²) in [6.45, 7) is 0. The van der Waals surface area contributed by atoms with Crippen LogP contribution < -0.4 is 0 Å². The maximum absolute atomic E-state index is 16.4. The first-order valence-electron chi connectivity index (χ1n) is 30.8. The Labute approximate surface area is 442 Å². The van der Waals surface area contributed by atoms with Crippen molar-refractivity contribution < 1.29 is 9.59 Å². The quantitative estimate of drug-likeness (QED) is 0.128. The van der Waals surface area contributed by atoms with Gasteiger partial charge in [0.05, 0.1) is 32.5 Å². The topological polar surface area (TPSA) is 34.1 Å². The second-order valence-electron chi connectivity index (χ2n) is 30.4. The van der Waals surface area contributed by atoms with Gasteiger partial charge in [-0.2, -0.15) is 0 Å². The van der Waals surface area contributed by atoms with Gasteiger partial charge in [0.1, 0.15) is 12.6 Å². The zero-order valence-corrected chi connectivity index (χ0v) is 41.9. The maximum atomic E-state index is 16.4. The van der Waals surface area contributed by atoms with Crippen LogP contribution >= 0.6 is 0 Å². The van der Waals surface area contributed by atoms with Gasteiger partial charge in [0.15, 0.2) is 0 Å². The predicted octanol–water partition coefficient (Wildman–Crippen LogP) is 18.3. The molecule has 2 heteroatoms. The zero-order valence-electron chi connectivity index (χ0n) is 41.9. The lowest BCUT2D eigenvalue weighted by Gasteiger charge is -2.34. The van der Waals surface area contributed by atoms with Crippen molar-refractivity contribution in [2.45, 2.75) is 73.0 Å². The summed E-state index contributed by atoms with van der Waals surface area (Å²) in [7, 11) is 0. The minimum Gasteiger partial charge on any atom is -0.303 e. The molecule has 25 aromatic rings. The molecular weight excluding hydrogens is 969 g/mol. The highest BCUT2D eigenvalue weighted by atomic mass is 16.1. The van der Waals surface area contributed by atoms with Crippen LogP contribution in [0.4, 0.5) is 0 Å². The van der Waals surface area contributed by atoms with Crippen molar-refractivity contribution >= 4 is 260 Å². The third kappa shape index (κ3) is 1.66. The Kier molecular flexibility index (Phi) is 2.89. The van der Waals surface area contributed by atoms with Crippen molar-refractivity contribution in [3.8, 4) is 11.1 Å². The van der Waals surface area contributed by atoms with Gasteiger partial charge in [0.25, 0.3) is 0 Å². The van der Waals surface area contributed by atoms with Crippen LogP contribution in [-0.2, 0) is 44.1 Å². The van der Waals surface area contributed by atoms with E-state index in [1.54, 1.807) is 316 Å². The van der Waals surface area contributed by atoms with Crippen LogP contribution in [0.2, 0.25) is 0 Å². The number of hydrogen-bond donors (Lipinski definition) is 0. The molecule has 0 N–H and O–H groups in total.